The molecule has 1 aromatic carbocycles. The Hall–Kier alpha value is -1.96. The van der Waals surface area contributed by atoms with Crippen LogP contribution in [0.5, 0.6) is 0 Å². The van der Waals surface area contributed by atoms with Crippen molar-refractivity contribution in [3.63, 3.8) is 0 Å². The fourth-order valence-corrected chi connectivity index (χ4v) is 3.72. The molecule has 8 heteroatoms. The average Bonchev–Trinajstić information content (AvgIpc) is 2.82. The van der Waals surface area contributed by atoms with Gasteiger partial charge in [-0.05, 0) is 18.2 Å². The molecule has 2 heterocycles. The molecular weight excluding hydrogens is 332 g/mol. The zero-order valence-corrected chi connectivity index (χ0v) is 14.0. The van der Waals surface area contributed by atoms with Crippen molar-refractivity contribution in [2.45, 2.75) is 12.5 Å². The van der Waals surface area contributed by atoms with E-state index in [2.05, 4.69) is 0 Å². The lowest BCUT2D eigenvalue weighted by molar-refractivity contribution is -1.02. The number of imide groups is 1. The van der Waals surface area contributed by atoms with Gasteiger partial charge in [-0.25, -0.2) is 4.90 Å². The maximum Gasteiger partial charge on any atom is 0.292 e. The fourth-order valence-electron chi connectivity index (χ4n) is 3.53. The van der Waals surface area contributed by atoms with Crippen LogP contribution in [0, 0.1) is 0 Å². The summed E-state index contributed by atoms with van der Waals surface area (Å²) in [5.74, 6) is -0.671. The third-order valence-corrected chi connectivity index (χ3v) is 4.96. The molecule has 0 unspecified atom stereocenters. The molecular formula is C16H21ClN4O3+2. The summed E-state index contributed by atoms with van der Waals surface area (Å²) in [4.78, 5) is 39.6. The second kappa shape index (κ2) is 6.88. The normalized spacial score (nSPS) is 27.5. The molecule has 3 rings (SSSR count). The first-order valence-corrected chi connectivity index (χ1v) is 8.42. The minimum Gasteiger partial charge on any atom is -0.365 e. The van der Waals surface area contributed by atoms with Gasteiger partial charge in [0.15, 0.2) is 12.6 Å². The predicted octanol–water partition coefficient (Wildman–Crippen LogP) is -2.76. The number of carbonyl (C=O) groups excluding carboxylic acids is 3. The van der Waals surface area contributed by atoms with Crippen LogP contribution < -0.4 is 20.4 Å². The van der Waals surface area contributed by atoms with Crippen molar-refractivity contribution in [1.29, 1.82) is 0 Å². The van der Waals surface area contributed by atoms with Crippen LogP contribution in [-0.2, 0) is 14.4 Å². The predicted molar refractivity (Wildman–Crippen MR) is 87.8 cm³/mol. The van der Waals surface area contributed by atoms with Crippen LogP contribution in [0.25, 0.3) is 0 Å². The second-order valence-corrected chi connectivity index (χ2v) is 6.79. The Morgan fingerprint density at radius 3 is 2.58 bits per heavy atom. The molecule has 2 saturated heterocycles. The molecule has 0 spiro atoms. The molecule has 0 bridgehead atoms. The largest absolute Gasteiger partial charge is 0.365 e. The molecule has 0 radical (unpaired) electrons. The van der Waals surface area contributed by atoms with Crippen molar-refractivity contribution in [1.82, 2.24) is 0 Å². The van der Waals surface area contributed by atoms with Gasteiger partial charge in [0.2, 0.25) is 5.91 Å². The molecule has 0 saturated carbocycles. The lowest BCUT2D eigenvalue weighted by Crippen LogP contribution is -3.30. The van der Waals surface area contributed by atoms with Gasteiger partial charge in [0.1, 0.15) is 26.2 Å². The van der Waals surface area contributed by atoms with Gasteiger partial charge in [0.25, 0.3) is 11.8 Å². The minimum absolute atomic E-state index is 0.171. The van der Waals surface area contributed by atoms with Gasteiger partial charge < -0.3 is 15.5 Å². The van der Waals surface area contributed by atoms with Crippen molar-refractivity contribution in [3.8, 4) is 0 Å². The highest BCUT2D eigenvalue weighted by Crippen LogP contribution is 2.24. The highest BCUT2D eigenvalue weighted by atomic mass is 35.5. The SMILES string of the molecule is NC(=O)C[NH+]1CC[NH+]([C@H]2CC(=O)N(c3cccc(Cl)c3)C2=O)CC1. The number of rotatable bonds is 4. The van der Waals surface area contributed by atoms with Crippen molar-refractivity contribution in [3.05, 3.63) is 29.3 Å². The van der Waals surface area contributed by atoms with Crippen LogP contribution in [0.1, 0.15) is 6.42 Å². The van der Waals surface area contributed by atoms with Crippen molar-refractivity contribution >= 4 is 35.0 Å². The number of quaternary nitrogens is 2. The standard InChI is InChI=1S/C16H19ClN4O3/c17-11-2-1-3-12(8-11)21-15(23)9-13(16(21)24)20-6-4-19(5-7-20)10-14(18)22/h1-3,8,13H,4-7,9-10H2,(H2,18,22)/p+2/t13-/m0/s1. The summed E-state index contributed by atoms with van der Waals surface area (Å²) in [5, 5.41) is 0.493. The van der Waals surface area contributed by atoms with E-state index in [9.17, 15) is 14.4 Å². The summed E-state index contributed by atoms with van der Waals surface area (Å²) in [6.07, 6.45) is 0.214. The summed E-state index contributed by atoms with van der Waals surface area (Å²) in [6.45, 7) is 3.35. The van der Waals surface area contributed by atoms with E-state index in [1.54, 1.807) is 24.3 Å². The Morgan fingerprint density at radius 1 is 1.25 bits per heavy atom. The molecule has 2 aliphatic rings. The number of benzene rings is 1. The van der Waals surface area contributed by atoms with Crippen LogP contribution in [0.3, 0.4) is 0 Å². The highest BCUT2D eigenvalue weighted by Gasteiger charge is 2.47. The zero-order valence-electron chi connectivity index (χ0n) is 13.3. The minimum atomic E-state index is -0.355. The van der Waals surface area contributed by atoms with Crippen LogP contribution in [0.2, 0.25) is 5.02 Å². The topological polar surface area (TPSA) is 89.3 Å². The summed E-state index contributed by atoms with van der Waals surface area (Å²) in [6, 6.07) is 6.43. The van der Waals surface area contributed by atoms with E-state index in [0.29, 0.717) is 17.3 Å². The Kier molecular flexibility index (Phi) is 4.84. The second-order valence-electron chi connectivity index (χ2n) is 6.36. The number of hydrogen-bond donors (Lipinski definition) is 3. The van der Waals surface area contributed by atoms with Gasteiger partial charge in [-0.2, -0.15) is 0 Å². The van der Waals surface area contributed by atoms with Crippen molar-refractivity contribution in [2.75, 3.05) is 37.6 Å². The Balaban J connectivity index is 1.68. The molecule has 128 valence electrons. The number of primary amides is 1. The molecule has 1 atom stereocenters. The van der Waals surface area contributed by atoms with Crippen LogP contribution >= 0.6 is 11.6 Å². The maximum absolute atomic E-state index is 12.7. The molecule has 3 amide bonds. The van der Waals surface area contributed by atoms with E-state index >= 15 is 0 Å². The molecule has 7 nitrogen and oxygen atoms in total. The number of anilines is 1. The molecule has 2 fully saturated rings. The lowest BCUT2D eigenvalue weighted by atomic mass is 10.1. The molecule has 4 N–H and O–H groups in total. The average molecular weight is 353 g/mol. The lowest BCUT2D eigenvalue weighted by Gasteiger charge is -2.31. The van der Waals surface area contributed by atoms with Crippen LogP contribution in [0.4, 0.5) is 5.69 Å². The number of halogens is 1. The quantitative estimate of drug-likeness (QED) is 0.513. The van der Waals surface area contributed by atoms with Gasteiger partial charge in [-0.3, -0.25) is 14.4 Å². The first-order valence-electron chi connectivity index (χ1n) is 8.04. The Labute approximate surface area is 144 Å². The third kappa shape index (κ3) is 3.43. The van der Waals surface area contributed by atoms with Crippen molar-refractivity contribution < 1.29 is 24.2 Å². The maximum atomic E-state index is 12.7. The van der Waals surface area contributed by atoms with Crippen LogP contribution in [0.15, 0.2) is 24.3 Å². The molecule has 0 aliphatic carbocycles. The van der Waals surface area contributed by atoms with E-state index in [-0.39, 0.29) is 30.2 Å². The summed E-state index contributed by atoms with van der Waals surface area (Å²) >= 11 is 5.97. The molecule has 2 aliphatic heterocycles. The van der Waals surface area contributed by atoms with E-state index in [1.165, 1.54) is 4.90 Å². The van der Waals surface area contributed by atoms with Gasteiger partial charge in [0.05, 0.1) is 12.1 Å². The number of nitrogens with two attached hydrogens (primary N) is 1. The monoisotopic (exact) mass is 352 g/mol. The molecule has 0 aromatic heterocycles. The highest BCUT2D eigenvalue weighted by molar-refractivity contribution is 6.31. The van der Waals surface area contributed by atoms with Gasteiger partial charge >= 0.3 is 0 Å². The van der Waals surface area contributed by atoms with E-state index in [1.807, 2.05) is 0 Å². The van der Waals surface area contributed by atoms with Crippen LogP contribution in [-0.4, -0.2) is 56.5 Å². The number of piperazine rings is 1. The third-order valence-electron chi connectivity index (χ3n) is 4.73. The number of amides is 3. The van der Waals surface area contributed by atoms with Gasteiger partial charge in [0, 0.05) is 5.02 Å². The number of carbonyl (C=O) groups is 3. The Morgan fingerprint density at radius 2 is 1.96 bits per heavy atom. The molecule has 24 heavy (non-hydrogen) atoms. The summed E-state index contributed by atoms with van der Waals surface area (Å²) in [7, 11) is 0. The first-order chi connectivity index (χ1) is 11.5. The number of nitrogens with one attached hydrogen (secondary N) is 2. The van der Waals surface area contributed by atoms with E-state index < -0.39 is 0 Å². The van der Waals surface area contributed by atoms with Gasteiger partial charge in [-0.15, -0.1) is 0 Å². The molecule has 1 aromatic rings. The van der Waals surface area contributed by atoms with E-state index in [4.69, 9.17) is 17.3 Å². The smallest absolute Gasteiger partial charge is 0.292 e. The number of hydrogen-bond acceptors (Lipinski definition) is 3. The van der Waals surface area contributed by atoms with E-state index in [0.717, 1.165) is 36.0 Å². The zero-order chi connectivity index (χ0) is 17.3. The summed E-state index contributed by atoms with van der Waals surface area (Å²) in [5.41, 5.74) is 5.76. The fraction of sp³-hybridized carbons (Fsp3) is 0.438. The van der Waals surface area contributed by atoms with Crippen molar-refractivity contribution in [2.24, 2.45) is 5.73 Å². The Bertz CT molecular complexity index is 673. The first kappa shape index (κ1) is 16.9. The summed E-state index contributed by atoms with van der Waals surface area (Å²) < 4.78 is 0. The van der Waals surface area contributed by atoms with Gasteiger partial charge in [-0.1, -0.05) is 17.7 Å². The number of nitrogens with zero attached hydrogens (tertiary/aromatic N) is 1.